The third-order valence-corrected chi connectivity index (χ3v) is 4.38. The van der Waals surface area contributed by atoms with E-state index < -0.39 is 18.3 Å². The predicted molar refractivity (Wildman–Crippen MR) is 85.3 cm³/mol. The van der Waals surface area contributed by atoms with Crippen LogP contribution in [0.2, 0.25) is 0 Å². The van der Waals surface area contributed by atoms with Crippen molar-refractivity contribution < 1.29 is 24.3 Å². The van der Waals surface area contributed by atoms with Crippen LogP contribution in [0.1, 0.15) is 33.2 Å². The molecule has 5 nitrogen and oxygen atoms in total. The number of rotatable bonds is 2. The van der Waals surface area contributed by atoms with E-state index in [-0.39, 0.29) is 61.0 Å². The molecule has 0 aliphatic carbocycles. The zero-order valence-electron chi connectivity index (χ0n) is 17.3. The number of nitrogens with zero attached hydrogens (tertiary/aromatic N) is 1. The van der Waals surface area contributed by atoms with Crippen LogP contribution in [0.4, 0.5) is 5.69 Å². The number of hydrogen-bond acceptors (Lipinski definition) is 4. The molecule has 22 heavy (non-hydrogen) atoms. The van der Waals surface area contributed by atoms with Gasteiger partial charge in [-0.1, -0.05) is 12.1 Å². The zero-order valence-corrected chi connectivity index (χ0v) is 13.3. The summed E-state index contributed by atoms with van der Waals surface area (Å²) in [6, 6.07) is -1.10. The molecule has 6 heteroatoms. The Bertz CT molecular complexity index is 726. The van der Waals surface area contributed by atoms with Gasteiger partial charge in [0.25, 0.3) is 5.91 Å². The molecule has 118 valence electrons. The molecule has 1 aromatic carbocycles. The van der Waals surface area contributed by atoms with Crippen molar-refractivity contribution in [3.05, 3.63) is 24.2 Å². The minimum absolute atomic E-state index is 0.0337. The molecule has 2 saturated heterocycles. The summed E-state index contributed by atoms with van der Waals surface area (Å²) in [4.78, 5) is 13.3. The van der Waals surface area contributed by atoms with E-state index >= 15 is 0 Å². The SMILES string of the molecule is [2H]c1c([2H])c(N2CCOCC2=O)c([2H])c([2H])c1B1OC(C)(C)C(C)(C)O1. The maximum Gasteiger partial charge on any atom is 0.494 e. The third kappa shape index (κ3) is 2.66. The molecule has 0 atom stereocenters. The van der Waals surface area contributed by atoms with Gasteiger partial charge in [0.1, 0.15) is 6.61 Å². The van der Waals surface area contributed by atoms with Crippen molar-refractivity contribution in [3.8, 4) is 0 Å². The van der Waals surface area contributed by atoms with Crippen LogP contribution in [0.3, 0.4) is 0 Å². The van der Waals surface area contributed by atoms with Crippen LogP contribution in [0.25, 0.3) is 0 Å². The molecule has 3 rings (SSSR count). The first-order chi connectivity index (χ1) is 12.0. The number of morpholine rings is 1. The monoisotopic (exact) mass is 307 g/mol. The van der Waals surface area contributed by atoms with Gasteiger partial charge in [0.15, 0.2) is 0 Å². The number of amides is 1. The van der Waals surface area contributed by atoms with Crippen molar-refractivity contribution in [2.24, 2.45) is 0 Å². The van der Waals surface area contributed by atoms with Gasteiger partial charge in [-0.05, 0) is 45.2 Å². The minimum atomic E-state index is -1.01. The summed E-state index contributed by atoms with van der Waals surface area (Å²) in [6.45, 7) is 7.73. The summed E-state index contributed by atoms with van der Waals surface area (Å²) >= 11 is 0. The summed E-state index contributed by atoms with van der Waals surface area (Å²) in [5, 5.41) is 0. The van der Waals surface area contributed by atoms with Gasteiger partial charge in [0.05, 0.1) is 23.3 Å². The van der Waals surface area contributed by atoms with Crippen LogP contribution in [0.15, 0.2) is 24.2 Å². The number of anilines is 1. The van der Waals surface area contributed by atoms with Crippen LogP contribution < -0.4 is 10.4 Å². The Hall–Kier alpha value is -1.37. The molecule has 0 bridgehead atoms. The molecule has 0 radical (unpaired) electrons. The average molecular weight is 307 g/mol. The molecule has 2 heterocycles. The maximum atomic E-state index is 12.1. The highest BCUT2D eigenvalue weighted by Gasteiger charge is 2.51. The molecule has 2 aliphatic rings. The van der Waals surface area contributed by atoms with E-state index in [1.807, 2.05) is 27.7 Å². The van der Waals surface area contributed by atoms with Crippen molar-refractivity contribution in [2.75, 3.05) is 24.7 Å². The van der Waals surface area contributed by atoms with Crippen molar-refractivity contribution in [2.45, 2.75) is 38.9 Å². The summed E-state index contributed by atoms with van der Waals surface area (Å²) in [5.74, 6) is -0.388. The van der Waals surface area contributed by atoms with Crippen LogP contribution in [-0.4, -0.2) is 44.0 Å². The highest BCUT2D eigenvalue weighted by atomic mass is 16.7. The third-order valence-electron chi connectivity index (χ3n) is 4.38. The fraction of sp³-hybridized carbons (Fsp3) is 0.562. The molecule has 0 N–H and O–H groups in total. The molecular formula is C16H22BNO4. The van der Waals surface area contributed by atoms with Gasteiger partial charge in [-0.15, -0.1) is 0 Å². The molecule has 0 saturated carbocycles. The summed E-state index contributed by atoms with van der Waals surface area (Å²) in [6.07, 6.45) is 0. The van der Waals surface area contributed by atoms with E-state index in [9.17, 15) is 4.79 Å². The van der Waals surface area contributed by atoms with E-state index in [4.69, 9.17) is 19.5 Å². The first-order valence-electron chi connectivity index (χ1n) is 9.32. The summed E-state index contributed by atoms with van der Waals surface area (Å²) in [7, 11) is -1.01. The second-order valence-corrected chi connectivity index (χ2v) is 6.45. The molecule has 0 aromatic heterocycles. The summed E-state index contributed by atoms with van der Waals surface area (Å²) < 4.78 is 50.2. The first-order valence-corrected chi connectivity index (χ1v) is 7.32. The Labute approximate surface area is 137 Å². The molecule has 1 aromatic rings. The Kier molecular flexibility index (Phi) is 2.74. The van der Waals surface area contributed by atoms with E-state index in [0.29, 0.717) is 0 Å². The molecule has 1 amide bonds. The number of ether oxygens (including phenoxy) is 1. The number of hydrogen-bond donors (Lipinski definition) is 0. The lowest BCUT2D eigenvalue weighted by molar-refractivity contribution is -0.125. The standard InChI is InChI=1S/C16H22BNO4/c1-15(2)16(3,4)22-17(21-15)12-5-7-13(8-6-12)18-9-10-20-11-14(18)19/h5-8H,9-11H2,1-4H3/i5D,6D,7D,8D. The fourth-order valence-electron chi connectivity index (χ4n) is 2.28. The Morgan fingerprint density at radius 3 is 2.27 bits per heavy atom. The number of carbonyl (C=O) groups excluding carboxylic acids is 1. The smallest absolute Gasteiger partial charge is 0.399 e. The van der Waals surface area contributed by atoms with Gasteiger partial charge in [-0.3, -0.25) is 4.79 Å². The van der Waals surface area contributed by atoms with E-state index in [2.05, 4.69) is 0 Å². The van der Waals surface area contributed by atoms with Crippen LogP contribution >= 0.6 is 0 Å². The normalized spacial score (nSPS) is 26.5. The molecule has 0 unspecified atom stereocenters. The highest BCUT2D eigenvalue weighted by Crippen LogP contribution is 2.36. The van der Waals surface area contributed by atoms with Gasteiger partial charge in [-0.25, -0.2) is 0 Å². The molecule has 2 aliphatic heterocycles. The first kappa shape index (κ1) is 11.2. The number of carbonyl (C=O) groups is 1. The zero-order chi connectivity index (χ0) is 19.4. The van der Waals surface area contributed by atoms with Gasteiger partial charge < -0.3 is 18.9 Å². The van der Waals surface area contributed by atoms with Gasteiger partial charge in [0.2, 0.25) is 0 Å². The lowest BCUT2D eigenvalue weighted by atomic mass is 9.79. The Balaban J connectivity index is 2.09. The molecule has 2 fully saturated rings. The van der Waals surface area contributed by atoms with Crippen molar-refractivity contribution >= 4 is 24.2 Å². The van der Waals surface area contributed by atoms with Crippen molar-refractivity contribution in [1.29, 1.82) is 0 Å². The van der Waals surface area contributed by atoms with Crippen molar-refractivity contribution in [1.82, 2.24) is 0 Å². The highest BCUT2D eigenvalue weighted by molar-refractivity contribution is 6.62. The largest absolute Gasteiger partial charge is 0.494 e. The Morgan fingerprint density at radius 1 is 1.14 bits per heavy atom. The quantitative estimate of drug-likeness (QED) is 0.774. The van der Waals surface area contributed by atoms with E-state index in [1.165, 1.54) is 4.90 Å². The Morgan fingerprint density at radius 2 is 1.73 bits per heavy atom. The second-order valence-electron chi connectivity index (χ2n) is 6.45. The van der Waals surface area contributed by atoms with Gasteiger partial charge in [-0.2, -0.15) is 0 Å². The average Bonchev–Trinajstić information content (AvgIpc) is 2.75. The molecular weight excluding hydrogens is 281 g/mol. The van der Waals surface area contributed by atoms with Crippen LogP contribution in [0.5, 0.6) is 0 Å². The lowest BCUT2D eigenvalue weighted by Crippen LogP contribution is -2.42. The molecule has 0 spiro atoms. The van der Waals surface area contributed by atoms with Gasteiger partial charge >= 0.3 is 7.12 Å². The topological polar surface area (TPSA) is 48.0 Å². The lowest BCUT2D eigenvalue weighted by Gasteiger charge is -2.32. The maximum absolute atomic E-state index is 12.1. The second kappa shape index (κ2) is 5.37. The minimum Gasteiger partial charge on any atom is -0.399 e. The van der Waals surface area contributed by atoms with Gasteiger partial charge in [0, 0.05) is 12.2 Å². The fourth-order valence-corrected chi connectivity index (χ4v) is 2.28. The van der Waals surface area contributed by atoms with Crippen LogP contribution in [0, 0.1) is 0 Å². The number of benzene rings is 1. The van der Waals surface area contributed by atoms with E-state index in [0.717, 1.165) is 0 Å². The predicted octanol–water partition coefficient (Wildman–Crippen LogP) is 1.35. The van der Waals surface area contributed by atoms with Crippen LogP contribution in [-0.2, 0) is 18.8 Å². The van der Waals surface area contributed by atoms with Crippen molar-refractivity contribution in [3.63, 3.8) is 0 Å². The summed E-state index contributed by atoms with van der Waals surface area (Å²) in [5.41, 5.74) is -1.32. The van der Waals surface area contributed by atoms with E-state index in [1.54, 1.807) is 0 Å².